The number of aromatic carboxylic acids is 1. The lowest BCUT2D eigenvalue weighted by Gasteiger charge is -2.25. The molecule has 7 nitrogen and oxygen atoms in total. The number of benzene rings is 3. The van der Waals surface area contributed by atoms with E-state index < -0.39 is 23.6 Å². The van der Waals surface area contributed by atoms with Crippen molar-refractivity contribution in [2.75, 3.05) is 17.3 Å². The van der Waals surface area contributed by atoms with Crippen LogP contribution in [0.1, 0.15) is 43.6 Å². The number of hydrogen-bond acceptors (Lipinski definition) is 4. The summed E-state index contributed by atoms with van der Waals surface area (Å²) in [7, 11) is 1.49. The third-order valence-corrected chi connectivity index (χ3v) is 5.10. The molecule has 3 aromatic rings. The first-order chi connectivity index (χ1) is 15.9. The van der Waals surface area contributed by atoms with Crippen LogP contribution in [0, 0.1) is 0 Å². The molecule has 176 valence electrons. The molecule has 7 heteroatoms. The standard InChI is InChI=1S/C27H28N2O5/c1-17(19-11-10-18-8-6-7-9-20(18)15-19)14-24(30)28-23-13-12-21(16-22(23)25(31)32)29(5)26(33)34-27(2,3)4/h6-16H,1-5H3,(H,28,30)(H,31,32). The highest BCUT2D eigenvalue weighted by Crippen LogP contribution is 2.25. The van der Waals surface area contributed by atoms with Crippen molar-refractivity contribution in [3.8, 4) is 0 Å². The van der Waals surface area contributed by atoms with Crippen LogP contribution in [0.2, 0.25) is 0 Å². The van der Waals surface area contributed by atoms with Crippen molar-refractivity contribution < 1.29 is 24.2 Å². The minimum atomic E-state index is -1.23. The van der Waals surface area contributed by atoms with Gasteiger partial charge in [-0.2, -0.15) is 0 Å². The minimum absolute atomic E-state index is 0.126. The molecule has 0 unspecified atom stereocenters. The van der Waals surface area contributed by atoms with E-state index in [1.54, 1.807) is 26.8 Å². The van der Waals surface area contributed by atoms with Gasteiger partial charge in [0.15, 0.2) is 0 Å². The molecule has 3 rings (SSSR count). The Kier molecular flexibility index (Phi) is 7.05. The first-order valence-corrected chi connectivity index (χ1v) is 10.8. The van der Waals surface area contributed by atoms with Crippen molar-refractivity contribution in [1.82, 2.24) is 0 Å². The van der Waals surface area contributed by atoms with Gasteiger partial charge in [0.25, 0.3) is 0 Å². The van der Waals surface area contributed by atoms with Gasteiger partial charge in [0.2, 0.25) is 5.91 Å². The summed E-state index contributed by atoms with van der Waals surface area (Å²) in [6.07, 6.45) is 0.811. The summed E-state index contributed by atoms with van der Waals surface area (Å²) in [4.78, 5) is 38.0. The van der Waals surface area contributed by atoms with Crippen LogP contribution >= 0.6 is 0 Å². The van der Waals surface area contributed by atoms with Crippen molar-refractivity contribution in [1.29, 1.82) is 0 Å². The maximum Gasteiger partial charge on any atom is 0.414 e. The van der Waals surface area contributed by atoms with Crippen molar-refractivity contribution >= 4 is 45.7 Å². The highest BCUT2D eigenvalue weighted by molar-refractivity contribution is 6.08. The number of amides is 2. The number of carbonyl (C=O) groups excluding carboxylic acids is 2. The molecular weight excluding hydrogens is 432 g/mol. The predicted molar refractivity (Wildman–Crippen MR) is 134 cm³/mol. The van der Waals surface area contributed by atoms with Crippen LogP contribution < -0.4 is 10.2 Å². The summed E-state index contributed by atoms with van der Waals surface area (Å²) in [5.74, 6) is -1.69. The summed E-state index contributed by atoms with van der Waals surface area (Å²) in [5.41, 5.74) is 1.25. The number of anilines is 2. The van der Waals surface area contributed by atoms with Crippen LogP contribution in [-0.2, 0) is 9.53 Å². The third-order valence-electron chi connectivity index (χ3n) is 5.10. The zero-order chi connectivity index (χ0) is 25.0. The molecule has 0 fully saturated rings. The van der Waals surface area contributed by atoms with E-state index in [9.17, 15) is 19.5 Å². The quantitative estimate of drug-likeness (QED) is 0.459. The molecular formula is C27H28N2O5. The first kappa shape index (κ1) is 24.5. The molecule has 0 atom stereocenters. The van der Waals surface area contributed by atoms with Gasteiger partial charge in [0.1, 0.15) is 5.60 Å². The number of allylic oxidation sites excluding steroid dienone is 1. The van der Waals surface area contributed by atoms with Crippen LogP contribution in [0.4, 0.5) is 16.2 Å². The van der Waals surface area contributed by atoms with E-state index >= 15 is 0 Å². The van der Waals surface area contributed by atoms with E-state index in [0.29, 0.717) is 5.69 Å². The van der Waals surface area contributed by atoms with Crippen molar-refractivity contribution in [2.24, 2.45) is 0 Å². The number of carbonyl (C=O) groups is 3. The lowest BCUT2D eigenvalue weighted by molar-refractivity contribution is -0.111. The summed E-state index contributed by atoms with van der Waals surface area (Å²) in [6.45, 7) is 7.05. The highest BCUT2D eigenvalue weighted by Gasteiger charge is 2.22. The number of carboxylic acid groups (broad SMARTS) is 1. The van der Waals surface area contributed by atoms with Crippen molar-refractivity contribution in [2.45, 2.75) is 33.3 Å². The van der Waals surface area contributed by atoms with Gasteiger partial charge < -0.3 is 15.2 Å². The van der Waals surface area contributed by atoms with Crippen LogP contribution in [0.5, 0.6) is 0 Å². The molecule has 0 aliphatic rings. The van der Waals surface area contributed by atoms with Gasteiger partial charge in [-0.15, -0.1) is 0 Å². The second-order valence-electron chi connectivity index (χ2n) is 8.95. The molecule has 2 N–H and O–H groups in total. The number of rotatable bonds is 5. The monoisotopic (exact) mass is 460 g/mol. The van der Waals surface area contributed by atoms with Crippen LogP contribution in [0.25, 0.3) is 16.3 Å². The summed E-state index contributed by atoms with van der Waals surface area (Å²) < 4.78 is 5.32. The molecule has 0 saturated carbocycles. The maximum absolute atomic E-state index is 12.7. The summed E-state index contributed by atoms with van der Waals surface area (Å²) in [5, 5.41) is 14.5. The zero-order valence-electron chi connectivity index (χ0n) is 19.9. The van der Waals surface area contributed by atoms with Gasteiger partial charge in [-0.1, -0.05) is 36.4 Å². The van der Waals surface area contributed by atoms with Gasteiger partial charge in [0.05, 0.1) is 11.3 Å². The number of nitrogens with zero attached hydrogens (tertiary/aromatic N) is 1. The summed E-state index contributed by atoms with van der Waals surface area (Å²) in [6, 6.07) is 18.2. The van der Waals surface area contributed by atoms with Gasteiger partial charge in [0, 0.05) is 18.8 Å². The molecule has 2 amide bonds. The number of hydrogen-bond donors (Lipinski definition) is 2. The number of fused-ring (bicyclic) bond motifs is 1. The lowest BCUT2D eigenvalue weighted by Crippen LogP contribution is -2.34. The van der Waals surface area contributed by atoms with E-state index in [-0.39, 0.29) is 11.3 Å². The fourth-order valence-corrected chi connectivity index (χ4v) is 3.35. The smallest absolute Gasteiger partial charge is 0.414 e. The van der Waals surface area contributed by atoms with E-state index in [1.807, 2.05) is 49.4 Å². The molecule has 0 aliphatic heterocycles. The Labute approximate surface area is 198 Å². The zero-order valence-corrected chi connectivity index (χ0v) is 19.9. The number of ether oxygens (including phenoxy) is 1. The Morgan fingerprint density at radius 2 is 1.65 bits per heavy atom. The molecule has 0 aromatic heterocycles. The van der Waals surface area contributed by atoms with Crippen LogP contribution in [0.3, 0.4) is 0 Å². The third kappa shape index (κ3) is 6.01. The Morgan fingerprint density at radius 1 is 0.971 bits per heavy atom. The highest BCUT2D eigenvalue weighted by atomic mass is 16.6. The van der Waals surface area contributed by atoms with Crippen LogP contribution in [0.15, 0.2) is 66.7 Å². The Balaban J connectivity index is 1.81. The molecule has 0 spiro atoms. The molecule has 0 bridgehead atoms. The van der Waals surface area contributed by atoms with Gasteiger partial charge in [-0.3, -0.25) is 9.69 Å². The Bertz CT molecular complexity index is 1290. The van der Waals surface area contributed by atoms with E-state index in [1.165, 1.54) is 30.2 Å². The molecule has 0 aliphatic carbocycles. The average Bonchev–Trinajstić information content (AvgIpc) is 2.77. The summed E-state index contributed by atoms with van der Waals surface area (Å²) >= 11 is 0. The SMILES string of the molecule is CC(=CC(=O)Nc1ccc(N(C)C(=O)OC(C)(C)C)cc1C(=O)O)c1ccc2ccccc2c1. The van der Waals surface area contributed by atoms with Gasteiger partial charge >= 0.3 is 12.1 Å². The van der Waals surface area contributed by atoms with E-state index in [4.69, 9.17) is 4.74 Å². The average molecular weight is 461 g/mol. The topological polar surface area (TPSA) is 95.9 Å². The molecule has 0 heterocycles. The predicted octanol–water partition coefficient (Wildman–Crippen LogP) is 5.95. The van der Waals surface area contributed by atoms with Crippen molar-refractivity contribution in [3.63, 3.8) is 0 Å². The maximum atomic E-state index is 12.7. The second kappa shape index (κ2) is 9.79. The van der Waals surface area contributed by atoms with Crippen LogP contribution in [-0.4, -0.2) is 35.7 Å². The molecule has 3 aromatic carbocycles. The van der Waals surface area contributed by atoms with E-state index in [0.717, 1.165) is 21.9 Å². The number of nitrogens with one attached hydrogen (secondary N) is 1. The molecule has 34 heavy (non-hydrogen) atoms. The molecule has 0 radical (unpaired) electrons. The Hall–Kier alpha value is -4.13. The van der Waals surface area contributed by atoms with Gasteiger partial charge in [-0.05, 0) is 73.9 Å². The largest absolute Gasteiger partial charge is 0.478 e. The fraction of sp³-hybridized carbons (Fsp3) is 0.222. The van der Waals surface area contributed by atoms with Crippen molar-refractivity contribution in [3.05, 3.63) is 77.9 Å². The second-order valence-corrected chi connectivity index (χ2v) is 8.95. The van der Waals surface area contributed by atoms with Gasteiger partial charge in [-0.25, -0.2) is 9.59 Å². The fourth-order valence-electron chi connectivity index (χ4n) is 3.35. The molecule has 0 saturated heterocycles. The lowest BCUT2D eigenvalue weighted by atomic mass is 10.0. The Morgan fingerprint density at radius 3 is 2.29 bits per heavy atom. The minimum Gasteiger partial charge on any atom is -0.478 e. The number of carboxylic acids is 1. The van der Waals surface area contributed by atoms with E-state index in [2.05, 4.69) is 5.32 Å². The normalized spacial score (nSPS) is 11.7. The first-order valence-electron chi connectivity index (χ1n) is 10.8.